The molecule has 1 atom stereocenters. The van der Waals surface area contributed by atoms with Crippen molar-refractivity contribution in [3.63, 3.8) is 0 Å². The third-order valence-electron chi connectivity index (χ3n) is 4.82. The molecule has 1 N–H and O–H groups in total. The van der Waals surface area contributed by atoms with Crippen LogP contribution in [0, 0.1) is 0 Å². The zero-order chi connectivity index (χ0) is 17.8. The number of carbonyl (C=O) groups is 1. The number of hydrogen-bond acceptors (Lipinski definition) is 4. The first-order valence-corrected chi connectivity index (χ1v) is 9.53. The number of amides is 1. The number of halogens is 2. The number of carbonyl (C=O) groups excluding carboxylic acids is 1. The molecule has 2 fully saturated rings. The van der Waals surface area contributed by atoms with Crippen molar-refractivity contribution < 1.29 is 9.53 Å². The van der Waals surface area contributed by atoms with Crippen molar-refractivity contribution in [2.75, 3.05) is 39.8 Å². The SMILES string of the molecule is CN1CCOC(C(=O)NC2CCN(Cc3cc(Cl)cc(Cl)c3)CC2)C1. The molecule has 25 heavy (non-hydrogen) atoms. The van der Waals surface area contributed by atoms with E-state index in [1.807, 2.05) is 19.2 Å². The largest absolute Gasteiger partial charge is 0.366 e. The Kier molecular flexibility index (Phi) is 6.58. The van der Waals surface area contributed by atoms with Crippen LogP contribution in [0.2, 0.25) is 10.0 Å². The minimum atomic E-state index is -0.342. The number of likely N-dealkylation sites (tertiary alicyclic amines) is 1. The number of rotatable bonds is 4. The molecule has 0 aromatic heterocycles. The average Bonchev–Trinajstić information content (AvgIpc) is 2.56. The zero-order valence-corrected chi connectivity index (χ0v) is 16.0. The Balaban J connectivity index is 1.44. The summed E-state index contributed by atoms with van der Waals surface area (Å²) in [6.07, 6.45) is 1.55. The van der Waals surface area contributed by atoms with Gasteiger partial charge >= 0.3 is 0 Å². The van der Waals surface area contributed by atoms with Crippen LogP contribution in [0.1, 0.15) is 18.4 Å². The molecule has 1 aromatic carbocycles. The lowest BCUT2D eigenvalue weighted by molar-refractivity contribution is -0.138. The van der Waals surface area contributed by atoms with E-state index < -0.39 is 0 Å². The number of nitrogens with one attached hydrogen (secondary N) is 1. The van der Waals surface area contributed by atoms with E-state index in [1.165, 1.54) is 0 Å². The van der Waals surface area contributed by atoms with Gasteiger partial charge in [0, 0.05) is 48.8 Å². The normalized spacial score (nSPS) is 23.6. The van der Waals surface area contributed by atoms with E-state index in [4.69, 9.17) is 27.9 Å². The molecule has 2 aliphatic heterocycles. The predicted molar refractivity (Wildman–Crippen MR) is 100 cm³/mol. The van der Waals surface area contributed by atoms with Crippen LogP contribution >= 0.6 is 23.2 Å². The average molecular weight is 386 g/mol. The number of piperidine rings is 1. The second-order valence-corrected chi connectivity index (χ2v) is 7.83. The lowest BCUT2D eigenvalue weighted by Crippen LogP contribution is -2.52. The van der Waals surface area contributed by atoms with Crippen LogP contribution in [-0.4, -0.2) is 67.7 Å². The molecule has 2 heterocycles. The summed E-state index contributed by atoms with van der Waals surface area (Å²) in [5.74, 6) is 0.0200. The monoisotopic (exact) mass is 385 g/mol. The second kappa shape index (κ2) is 8.69. The molecule has 1 unspecified atom stereocenters. The highest BCUT2D eigenvalue weighted by Crippen LogP contribution is 2.21. The van der Waals surface area contributed by atoms with Crippen molar-refractivity contribution in [1.82, 2.24) is 15.1 Å². The quantitative estimate of drug-likeness (QED) is 0.863. The van der Waals surface area contributed by atoms with Crippen molar-refractivity contribution in [2.45, 2.75) is 31.5 Å². The van der Waals surface area contributed by atoms with Gasteiger partial charge in [-0.15, -0.1) is 0 Å². The van der Waals surface area contributed by atoms with Gasteiger partial charge in [-0.2, -0.15) is 0 Å². The molecule has 0 radical (unpaired) electrons. The maximum absolute atomic E-state index is 12.4. The molecule has 1 aromatic rings. The Bertz CT molecular complexity index is 586. The van der Waals surface area contributed by atoms with E-state index in [-0.39, 0.29) is 18.1 Å². The fourth-order valence-corrected chi connectivity index (χ4v) is 4.00. The molecule has 5 nitrogen and oxygen atoms in total. The summed E-state index contributed by atoms with van der Waals surface area (Å²) >= 11 is 12.1. The van der Waals surface area contributed by atoms with Gasteiger partial charge < -0.3 is 15.0 Å². The Morgan fingerprint density at radius 3 is 2.52 bits per heavy atom. The van der Waals surface area contributed by atoms with E-state index in [1.54, 1.807) is 6.07 Å². The van der Waals surface area contributed by atoms with Crippen LogP contribution in [-0.2, 0) is 16.1 Å². The minimum Gasteiger partial charge on any atom is -0.366 e. The number of nitrogens with zero attached hydrogens (tertiary/aromatic N) is 2. The highest BCUT2D eigenvalue weighted by Gasteiger charge is 2.28. The molecule has 7 heteroatoms. The van der Waals surface area contributed by atoms with Gasteiger partial charge in [-0.1, -0.05) is 23.2 Å². The third kappa shape index (κ3) is 5.56. The molecule has 0 aliphatic carbocycles. The molecule has 3 rings (SSSR count). The molecule has 138 valence electrons. The number of ether oxygens (including phenoxy) is 1. The third-order valence-corrected chi connectivity index (χ3v) is 5.26. The Morgan fingerprint density at radius 1 is 1.20 bits per heavy atom. The molecular weight excluding hydrogens is 361 g/mol. The molecule has 0 saturated carbocycles. The lowest BCUT2D eigenvalue weighted by atomic mass is 10.0. The zero-order valence-electron chi connectivity index (χ0n) is 14.5. The first kappa shape index (κ1) is 18.9. The summed E-state index contributed by atoms with van der Waals surface area (Å²) in [4.78, 5) is 16.9. The maximum Gasteiger partial charge on any atom is 0.250 e. The van der Waals surface area contributed by atoms with E-state index in [0.717, 1.165) is 44.6 Å². The minimum absolute atomic E-state index is 0.0200. The first-order valence-electron chi connectivity index (χ1n) is 8.77. The van der Waals surface area contributed by atoms with Crippen molar-refractivity contribution >= 4 is 29.1 Å². The van der Waals surface area contributed by atoms with Gasteiger partial charge in [0.15, 0.2) is 0 Å². The van der Waals surface area contributed by atoms with Gasteiger partial charge in [0.2, 0.25) is 0 Å². The Labute approximate surface area is 159 Å². The summed E-state index contributed by atoms with van der Waals surface area (Å²) < 4.78 is 5.59. The maximum atomic E-state index is 12.4. The summed E-state index contributed by atoms with van der Waals surface area (Å²) in [5.41, 5.74) is 1.12. The van der Waals surface area contributed by atoms with Gasteiger partial charge in [-0.25, -0.2) is 0 Å². The predicted octanol–water partition coefficient (Wildman–Crippen LogP) is 2.40. The molecule has 1 amide bonds. The number of morpholine rings is 1. The van der Waals surface area contributed by atoms with E-state index in [9.17, 15) is 4.79 Å². The number of benzene rings is 1. The van der Waals surface area contributed by atoms with E-state index in [2.05, 4.69) is 15.1 Å². The first-order chi connectivity index (χ1) is 12.0. The van der Waals surface area contributed by atoms with Crippen LogP contribution in [0.4, 0.5) is 0 Å². The van der Waals surface area contributed by atoms with Crippen molar-refractivity contribution in [1.29, 1.82) is 0 Å². The van der Waals surface area contributed by atoms with Crippen LogP contribution in [0.25, 0.3) is 0 Å². The second-order valence-electron chi connectivity index (χ2n) is 6.96. The highest BCUT2D eigenvalue weighted by molar-refractivity contribution is 6.34. The van der Waals surface area contributed by atoms with Crippen molar-refractivity contribution in [3.8, 4) is 0 Å². The summed E-state index contributed by atoms with van der Waals surface area (Å²) in [6, 6.07) is 5.89. The molecule has 0 bridgehead atoms. The topological polar surface area (TPSA) is 44.8 Å². The standard InChI is InChI=1S/C18H25Cl2N3O2/c1-22-6-7-25-17(12-22)18(24)21-16-2-4-23(5-3-16)11-13-8-14(19)10-15(20)9-13/h8-10,16-17H,2-7,11-12H2,1H3,(H,21,24). The Morgan fingerprint density at radius 2 is 1.88 bits per heavy atom. The van der Waals surface area contributed by atoms with Gasteiger partial charge in [0.05, 0.1) is 6.61 Å². The molecule has 0 spiro atoms. The van der Waals surface area contributed by atoms with Crippen molar-refractivity contribution in [3.05, 3.63) is 33.8 Å². The molecule has 2 aliphatic rings. The summed E-state index contributed by atoms with van der Waals surface area (Å²) in [6.45, 7) is 4.89. The molecular formula is C18H25Cl2N3O2. The lowest BCUT2D eigenvalue weighted by Gasteiger charge is -2.34. The fourth-order valence-electron chi connectivity index (χ4n) is 3.43. The van der Waals surface area contributed by atoms with Crippen LogP contribution in [0.15, 0.2) is 18.2 Å². The van der Waals surface area contributed by atoms with Gasteiger partial charge in [-0.05, 0) is 43.7 Å². The highest BCUT2D eigenvalue weighted by atomic mass is 35.5. The van der Waals surface area contributed by atoms with Gasteiger partial charge in [0.25, 0.3) is 5.91 Å². The van der Waals surface area contributed by atoms with Gasteiger partial charge in [0.1, 0.15) is 6.10 Å². The Hall–Kier alpha value is -0.850. The van der Waals surface area contributed by atoms with E-state index in [0.29, 0.717) is 23.2 Å². The van der Waals surface area contributed by atoms with E-state index >= 15 is 0 Å². The van der Waals surface area contributed by atoms with Crippen LogP contribution in [0.5, 0.6) is 0 Å². The smallest absolute Gasteiger partial charge is 0.250 e. The number of likely N-dealkylation sites (N-methyl/N-ethyl adjacent to an activating group) is 1. The fraction of sp³-hybridized carbons (Fsp3) is 0.611. The summed E-state index contributed by atoms with van der Waals surface area (Å²) in [7, 11) is 2.02. The van der Waals surface area contributed by atoms with Gasteiger partial charge in [-0.3, -0.25) is 9.69 Å². The van der Waals surface area contributed by atoms with Crippen LogP contribution < -0.4 is 5.32 Å². The van der Waals surface area contributed by atoms with Crippen molar-refractivity contribution in [2.24, 2.45) is 0 Å². The molecule has 2 saturated heterocycles. The summed E-state index contributed by atoms with van der Waals surface area (Å²) in [5, 5.41) is 4.49. The number of hydrogen-bond donors (Lipinski definition) is 1. The van der Waals surface area contributed by atoms with Crippen LogP contribution in [0.3, 0.4) is 0 Å².